The van der Waals surface area contributed by atoms with Crippen molar-refractivity contribution >= 4 is 23.2 Å². The quantitative estimate of drug-likeness (QED) is 0.906. The monoisotopic (exact) mass is 292 g/mol. The number of anilines is 1. The van der Waals surface area contributed by atoms with Gasteiger partial charge in [-0.1, -0.05) is 29.8 Å². The normalized spacial score (nSPS) is 10.2. The van der Waals surface area contributed by atoms with Crippen molar-refractivity contribution < 1.29 is 9.18 Å². The standard InChI is InChI=1S/C15H14ClFN2O/c1-18-14-12(3-2-4-13(14)17)15(20)19-9-10-5-7-11(16)8-6-10/h2-8,18H,9H2,1H3,(H,19,20). The molecule has 0 saturated carbocycles. The number of rotatable bonds is 4. The van der Waals surface area contributed by atoms with Crippen LogP contribution in [-0.2, 0) is 6.54 Å². The van der Waals surface area contributed by atoms with Gasteiger partial charge in [0.05, 0.1) is 11.3 Å². The number of nitrogens with one attached hydrogen (secondary N) is 2. The highest BCUT2D eigenvalue weighted by molar-refractivity contribution is 6.30. The van der Waals surface area contributed by atoms with Crippen LogP contribution in [0.2, 0.25) is 5.02 Å². The molecule has 2 N–H and O–H groups in total. The zero-order valence-electron chi connectivity index (χ0n) is 10.9. The number of amides is 1. The maximum Gasteiger partial charge on any atom is 0.253 e. The second-order valence-corrected chi connectivity index (χ2v) is 4.66. The number of hydrogen-bond donors (Lipinski definition) is 2. The maximum absolute atomic E-state index is 13.6. The minimum atomic E-state index is -0.452. The van der Waals surface area contributed by atoms with E-state index in [1.165, 1.54) is 12.1 Å². The Bertz CT molecular complexity index is 614. The smallest absolute Gasteiger partial charge is 0.253 e. The van der Waals surface area contributed by atoms with Crippen molar-refractivity contribution in [3.05, 3.63) is 64.4 Å². The number of carbonyl (C=O) groups excluding carboxylic acids is 1. The number of para-hydroxylation sites is 1. The summed E-state index contributed by atoms with van der Waals surface area (Å²) < 4.78 is 13.6. The molecule has 20 heavy (non-hydrogen) atoms. The summed E-state index contributed by atoms with van der Waals surface area (Å²) in [6.45, 7) is 0.357. The van der Waals surface area contributed by atoms with Crippen LogP contribution in [0.1, 0.15) is 15.9 Å². The van der Waals surface area contributed by atoms with Crippen molar-refractivity contribution in [3.63, 3.8) is 0 Å². The predicted octanol–water partition coefficient (Wildman–Crippen LogP) is 3.45. The first-order chi connectivity index (χ1) is 9.61. The molecular weight excluding hydrogens is 279 g/mol. The third-order valence-corrected chi connectivity index (χ3v) is 3.13. The van der Waals surface area contributed by atoms with Gasteiger partial charge in [0.15, 0.2) is 0 Å². The van der Waals surface area contributed by atoms with E-state index in [1.807, 2.05) is 12.1 Å². The minimum absolute atomic E-state index is 0.195. The Morgan fingerprint density at radius 2 is 1.90 bits per heavy atom. The molecule has 0 aromatic heterocycles. The van der Waals surface area contributed by atoms with Gasteiger partial charge in [0.1, 0.15) is 5.82 Å². The van der Waals surface area contributed by atoms with Crippen molar-refractivity contribution in [1.82, 2.24) is 5.32 Å². The van der Waals surface area contributed by atoms with Gasteiger partial charge in [-0.05, 0) is 29.8 Å². The Labute approximate surface area is 121 Å². The fourth-order valence-corrected chi connectivity index (χ4v) is 1.97. The molecule has 0 heterocycles. The molecule has 0 saturated heterocycles. The van der Waals surface area contributed by atoms with E-state index >= 15 is 0 Å². The first-order valence-corrected chi connectivity index (χ1v) is 6.48. The van der Waals surface area contributed by atoms with Crippen LogP contribution in [0.3, 0.4) is 0 Å². The van der Waals surface area contributed by atoms with Gasteiger partial charge in [-0.2, -0.15) is 0 Å². The molecule has 0 bridgehead atoms. The lowest BCUT2D eigenvalue weighted by molar-refractivity contribution is 0.0951. The minimum Gasteiger partial charge on any atom is -0.385 e. The molecule has 0 radical (unpaired) electrons. The molecule has 104 valence electrons. The van der Waals surface area contributed by atoms with Crippen LogP contribution in [0.15, 0.2) is 42.5 Å². The van der Waals surface area contributed by atoms with E-state index in [0.717, 1.165) is 5.56 Å². The largest absolute Gasteiger partial charge is 0.385 e. The van der Waals surface area contributed by atoms with Crippen LogP contribution >= 0.6 is 11.6 Å². The molecule has 2 aromatic carbocycles. The topological polar surface area (TPSA) is 41.1 Å². The first kappa shape index (κ1) is 14.3. The van der Waals surface area contributed by atoms with Gasteiger partial charge < -0.3 is 10.6 Å². The Kier molecular flexibility index (Phi) is 4.58. The van der Waals surface area contributed by atoms with Gasteiger partial charge in [-0.15, -0.1) is 0 Å². The average molecular weight is 293 g/mol. The fraction of sp³-hybridized carbons (Fsp3) is 0.133. The second kappa shape index (κ2) is 6.39. The summed E-state index contributed by atoms with van der Waals surface area (Å²) in [7, 11) is 1.58. The zero-order chi connectivity index (χ0) is 14.5. The first-order valence-electron chi connectivity index (χ1n) is 6.10. The van der Waals surface area contributed by atoms with Crippen molar-refractivity contribution in [1.29, 1.82) is 0 Å². The van der Waals surface area contributed by atoms with E-state index in [-0.39, 0.29) is 17.2 Å². The van der Waals surface area contributed by atoms with Gasteiger partial charge in [-0.25, -0.2) is 4.39 Å². The Hall–Kier alpha value is -2.07. The Morgan fingerprint density at radius 1 is 1.20 bits per heavy atom. The summed E-state index contributed by atoms with van der Waals surface area (Å²) in [6.07, 6.45) is 0. The molecule has 2 rings (SSSR count). The molecule has 0 atom stereocenters. The van der Waals surface area contributed by atoms with Crippen LogP contribution in [-0.4, -0.2) is 13.0 Å². The van der Waals surface area contributed by atoms with Crippen LogP contribution in [0, 0.1) is 5.82 Å². The molecule has 1 amide bonds. The third kappa shape index (κ3) is 3.27. The number of halogens is 2. The summed E-state index contributed by atoms with van der Waals surface area (Å²) in [5.41, 5.74) is 1.40. The van der Waals surface area contributed by atoms with Crippen LogP contribution in [0.4, 0.5) is 10.1 Å². The summed E-state index contributed by atoms with van der Waals surface area (Å²) in [5.74, 6) is -0.782. The number of hydrogen-bond acceptors (Lipinski definition) is 2. The van der Waals surface area contributed by atoms with Crippen molar-refractivity contribution in [2.24, 2.45) is 0 Å². The highest BCUT2D eigenvalue weighted by atomic mass is 35.5. The fourth-order valence-electron chi connectivity index (χ4n) is 1.85. The second-order valence-electron chi connectivity index (χ2n) is 4.22. The van der Waals surface area contributed by atoms with Crippen molar-refractivity contribution in [2.45, 2.75) is 6.54 Å². The average Bonchev–Trinajstić information content (AvgIpc) is 2.46. The number of benzene rings is 2. The molecular formula is C15H14ClFN2O. The highest BCUT2D eigenvalue weighted by Crippen LogP contribution is 2.19. The zero-order valence-corrected chi connectivity index (χ0v) is 11.7. The van der Waals surface area contributed by atoms with Crippen LogP contribution in [0.5, 0.6) is 0 Å². The maximum atomic E-state index is 13.6. The van der Waals surface area contributed by atoms with Gasteiger partial charge in [0, 0.05) is 18.6 Å². The van der Waals surface area contributed by atoms with Crippen molar-refractivity contribution in [3.8, 4) is 0 Å². The molecule has 0 aliphatic heterocycles. The van der Waals surface area contributed by atoms with Crippen LogP contribution in [0.25, 0.3) is 0 Å². The predicted molar refractivity (Wildman–Crippen MR) is 78.6 cm³/mol. The van der Waals surface area contributed by atoms with Gasteiger partial charge in [0.25, 0.3) is 5.91 Å². The summed E-state index contributed by atoms with van der Waals surface area (Å²) in [4.78, 5) is 12.1. The lowest BCUT2D eigenvalue weighted by Gasteiger charge is -2.10. The molecule has 0 fully saturated rings. The molecule has 0 unspecified atom stereocenters. The lowest BCUT2D eigenvalue weighted by Crippen LogP contribution is -2.24. The van der Waals surface area contributed by atoms with Gasteiger partial charge in [0.2, 0.25) is 0 Å². The van der Waals surface area contributed by atoms with Gasteiger partial charge in [-0.3, -0.25) is 4.79 Å². The molecule has 3 nitrogen and oxygen atoms in total. The van der Waals surface area contributed by atoms with Crippen molar-refractivity contribution in [2.75, 3.05) is 12.4 Å². The lowest BCUT2D eigenvalue weighted by atomic mass is 10.1. The van der Waals surface area contributed by atoms with Crippen LogP contribution < -0.4 is 10.6 Å². The number of carbonyl (C=O) groups is 1. The van der Waals surface area contributed by atoms with E-state index in [0.29, 0.717) is 11.6 Å². The summed E-state index contributed by atoms with van der Waals surface area (Å²) >= 11 is 5.79. The SMILES string of the molecule is CNc1c(F)cccc1C(=O)NCc1ccc(Cl)cc1. The Balaban J connectivity index is 2.09. The highest BCUT2D eigenvalue weighted by Gasteiger charge is 2.13. The van der Waals surface area contributed by atoms with E-state index in [2.05, 4.69) is 10.6 Å². The Morgan fingerprint density at radius 3 is 2.55 bits per heavy atom. The summed E-state index contributed by atoms with van der Waals surface area (Å²) in [6, 6.07) is 11.6. The molecule has 2 aromatic rings. The molecule has 5 heteroatoms. The van der Waals surface area contributed by atoms with E-state index in [4.69, 9.17) is 11.6 Å². The van der Waals surface area contributed by atoms with E-state index in [1.54, 1.807) is 25.2 Å². The van der Waals surface area contributed by atoms with E-state index in [9.17, 15) is 9.18 Å². The molecule has 0 spiro atoms. The van der Waals surface area contributed by atoms with Gasteiger partial charge >= 0.3 is 0 Å². The molecule has 0 aliphatic rings. The van der Waals surface area contributed by atoms with E-state index < -0.39 is 5.82 Å². The molecule has 0 aliphatic carbocycles. The summed E-state index contributed by atoms with van der Waals surface area (Å²) in [5, 5.41) is 6.09. The third-order valence-electron chi connectivity index (χ3n) is 2.87.